The van der Waals surface area contributed by atoms with E-state index in [1.54, 1.807) is 26.8 Å². The fraction of sp³-hybridized carbons (Fsp3) is 0.538. The van der Waals surface area contributed by atoms with Gasteiger partial charge in [0.15, 0.2) is 5.76 Å². The summed E-state index contributed by atoms with van der Waals surface area (Å²) >= 11 is 0. The van der Waals surface area contributed by atoms with Crippen LogP contribution in [0.25, 0.3) is 0 Å². The molecule has 6 heteroatoms. The molecule has 0 aromatic carbocycles. The Morgan fingerprint density at radius 1 is 1.32 bits per heavy atom. The summed E-state index contributed by atoms with van der Waals surface area (Å²) in [7, 11) is 0. The monoisotopic (exact) mass is 268 g/mol. The lowest BCUT2D eigenvalue weighted by Crippen LogP contribution is -2.47. The van der Waals surface area contributed by atoms with Crippen molar-refractivity contribution in [2.45, 2.75) is 45.4 Å². The van der Waals surface area contributed by atoms with Crippen molar-refractivity contribution in [1.82, 2.24) is 10.6 Å². The number of aliphatic hydroxyl groups is 1. The van der Waals surface area contributed by atoms with Crippen molar-refractivity contribution >= 4 is 11.8 Å². The summed E-state index contributed by atoms with van der Waals surface area (Å²) in [6, 6.07) is 2.30. The first kappa shape index (κ1) is 15.2. The minimum absolute atomic E-state index is 0.157. The van der Waals surface area contributed by atoms with Gasteiger partial charge in [0, 0.05) is 6.04 Å². The molecule has 6 nitrogen and oxygen atoms in total. The maximum atomic E-state index is 11.8. The molecule has 1 aromatic rings. The van der Waals surface area contributed by atoms with Gasteiger partial charge in [0.2, 0.25) is 5.91 Å². The highest BCUT2D eigenvalue weighted by atomic mass is 16.3. The van der Waals surface area contributed by atoms with Gasteiger partial charge in [-0.05, 0) is 39.3 Å². The number of hydrogen-bond acceptors (Lipinski definition) is 4. The zero-order chi connectivity index (χ0) is 14.4. The van der Waals surface area contributed by atoms with Crippen molar-refractivity contribution in [3.63, 3.8) is 0 Å². The van der Waals surface area contributed by atoms with E-state index in [0.29, 0.717) is 6.42 Å². The van der Waals surface area contributed by atoms with Gasteiger partial charge in [-0.2, -0.15) is 0 Å². The van der Waals surface area contributed by atoms with Gasteiger partial charge in [0.05, 0.1) is 12.4 Å². The van der Waals surface area contributed by atoms with Gasteiger partial charge >= 0.3 is 0 Å². The fourth-order valence-electron chi connectivity index (χ4n) is 1.68. The second-order valence-electron chi connectivity index (χ2n) is 4.67. The quantitative estimate of drug-likeness (QED) is 0.707. The predicted molar refractivity (Wildman–Crippen MR) is 69.5 cm³/mol. The Balaban J connectivity index is 2.42. The molecule has 3 N–H and O–H groups in total. The Morgan fingerprint density at radius 3 is 2.53 bits per heavy atom. The second kappa shape index (κ2) is 6.94. The lowest BCUT2D eigenvalue weighted by Gasteiger charge is -2.19. The number of furan rings is 1. The third-order valence-electron chi connectivity index (χ3n) is 2.57. The molecule has 106 valence electrons. The Hall–Kier alpha value is -1.82. The lowest BCUT2D eigenvalue weighted by atomic mass is 10.1. The molecule has 3 atom stereocenters. The Kier molecular flexibility index (Phi) is 5.57. The normalized spacial score (nSPS) is 15.4. The van der Waals surface area contributed by atoms with Crippen LogP contribution in [0.2, 0.25) is 0 Å². The van der Waals surface area contributed by atoms with E-state index in [4.69, 9.17) is 4.42 Å². The van der Waals surface area contributed by atoms with Crippen molar-refractivity contribution in [3.05, 3.63) is 24.2 Å². The van der Waals surface area contributed by atoms with E-state index < -0.39 is 18.1 Å². The highest BCUT2D eigenvalue weighted by Crippen LogP contribution is 2.01. The summed E-state index contributed by atoms with van der Waals surface area (Å²) in [5.41, 5.74) is 0. The van der Waals surface area contributed by atoms with E-state index in [-0.39, 0.29) is 17.7 Å². The first-order valence-electron chi connectivity index (χ1n) is 6.23. The molecule has 0 aliphatic rings. The van der Waals surface area contributed by atoms with Gasteiger partial charge in [0.25, 0.3) is 5.91 Å². The van der Waals surface area contributed by atoms with E-state index in [9.17, 15) is 14.7 Å². The number of hydrogen-bond donors (Lipinski definition) is 3. The smallest absolute Gasteiger partial charge is 0.287 e. The molecule has 0 aliphatic carbocycles. The average Bonchev–Trinajstić information content (AvgIpc) is 2.80. The Labute approximate surface area is 112 Å². The molecule has 19 heavy (non-hydrogen) atoms. The van der Waals surface area contributed by atoms with E-state index in [2.05, 4.69) is 10.6 Å². The zero-order valence-electron chi connectivity index (χ0n) is 11.3. The van der Waals surface area contributed by atoms with Crippen molar-refractivity contribution in [3.8, 4) is 0 Å². The highest BCUT2D eigenvalue weighted by molar-refractivity contribution is 5.95. The molecule has 3 unspecified atom stereocenters. The van der Waals surface area contributed by atoms with Crippen LogP contribution in [0.4, 0.5) is 0 Å². The number of aliphatic hydroxyl groups excluding tert-OH is 1. The maximum absolute atomic E-state index is 11.8. The number of nitrogens with one attached hydrogen (secondary N) is 2. The summed E-state index contributed by atoms with van der Waals surface area (Å²) in [5.74, 6) is -0.569. The predicted octanol–water partition coefficient (Wildman–Crippen LogP) is 0.673. The van der Waals surface area contributed by atoms with Crippen molar-refractivity contribution in [2.75, 3.05) is 0 Å². The molecule has 0 radical (unpaired) electrons. The maximum Gasteiger partial charge on any atom is 0.287 e. The molecule has 2 amide bonds. The molecule has 0 saturated heterocycles. The summed E-state index contributed by atoms with van der Waals surface area (Å²) < 4.78 is 4.93. The van der Waals surface area contributed by atoms with Crippen LogP contribution in [0.15, 0.2) is 22.8 Å². The van der Waals surface area contributed by atoms with Crippen LogP contribution in [0, 0.1) is 0 Å². The molecule has 1 rings (SSSR count). The average molecular weight is 268 g/mol. The number of carbonyl (C=O) groups excluding carboxylic acids is 2. The Morgan fingerprint density at radius 2 is 2.00 bits per heavy atom. The molecule has 1 heterocycles. The zero-order valence-corrected chi connectivity index (χ0v) is 11.3. The summed E-state index contributed by atoms with van der Waals surface area (Å²) in [4.78, 5) is 23.5. The number of carbonyl (C=O) groups is 2. The van der Waals surface area contributed by atoms with Gasteiger partial charge in [-0.1, -0.05) is 0 Å². The SMILES string of the molecule is CC(O)CC(C)NC(=O)C(C)NC(=O)c1ccco1. The largest absolute Gasteiger partial charge is 0.459 e. The third kappa shape index (κ3) is 5.13. The molecule has 0 aliphatic heterocycles. The molecule has 0 saturated carbocycles. The van der Waals surface area contributed by atoms with E-state index in [1.807, 2.05) is 0 Å². The first-order chi connectivity index (χ1) is 8.90. The lowest BCUT2D eigenvalue weighted by molar-refractivity contribution is -0.123. The van der Waals surface area contributed by atoms with Gasteiger partial charge in [0.1, 0.15) is 6.04 Å². The first-order valence-corrected chi connectivity index (χ1v) is 6.23. The van der Waals surface area contributed by atoms with Crippen LogP contribution in [0.3, 0.4) is 0 Å². The van der Waals surface area contributed by atoms with Crippen LogP contribution in [0.5, 0.6) is 0 Å². The molecule has 0 bridgehead atoms. The molecule has 1 aromatic heterocycles. The van der Waals surface area contributed by atoms with Crippen molar-refractivity contribution < 1.29 is 19.1 Å². The van der Waals surface area contributed by atoms with Crippen LogP contribution < -0.4 is 10.6 Å². The van der Waals surface area contributed by atoms with Crippen LogP contribution in [-0.2, 0) is 4.79 Å². The summed E-state index contributed by atoms with van der Waals surface area (Å²) in [6.45, 7) is 5.04. The molecule has 0 spiro atoms. The number of rotatable bonds is 6. The van der Waals surface area contributed by atoms with Crippen LogP contribution >= 0.6 is 0 Å². The minimum Gasteiger partial charge on any atom is -0.459 e. The van der Waals surface area contributed by atoms with Gasteiger partial charge in [-0.25, -0.2) is 0 Å². The van der Waals surface area contributed by atoms with Gasteiger partial charge in [-0.3, -0.25) is 9.59 Å². The summed E-state index contributed by atoms with van der Waals surface area (Å²) in [5, 5.41) is 14.5. The van der Waals surface area contributed by atoms with Crippen LogP contribution in [0.1, 0.15) is 37.7 Å². The Bertz CT molecular complexity index is 414. The highest BCUT2D eigenvalue weighted by Gasteiger charge is 2.19. The molecule has 0 fully saturated rings. The molecular formula is C13H20N2O4. The topological polar surface area (TPSA) is 91.6 Å². The van der Waals surface area contributed by atoms with Gasteiger partial charge in [-0.15, -0.1) is 0 Å². The van der Waals surface area contributed by atoms with Crippen LogP contribution in [-0.4, -0.2) is 35.1 Å². The van der Waals surface area contributed by atoms with E-state index in [1.165, 1.54) is 12.3 Å². The van der Waals surface area contributed by atoms with Crippen molar-refractivity contribution in [1.29, 1.82) is 0 Å². The van der Waals surface area contributed by atoms with E-state index in [0.717, 1.165) is 0 Å². The van der Waals surface area contributed by atoms with Crippen molar-refractivity contribution in [2.24, 2.45) is 0 Å². The number of amides is 2. The third-order valence-corrected chi connectivity index (χ3v) is 2.57. The standard InChI is InChI=1S/C13H20N2O4/c1-8(7-9(2)16)14-12(17)10(3)15-13(18)11-5-4-6-19-11/h4-6,8-10,16H,7H2,1-3H3,(H,14,17)(H,15,18). The van der Waals surface area contributed by atoms with E-state index >= 15 is 0 Å². The fourth-order valence-corrected chi connectivity index (χ4v) is 1.68. The van der Waals surface area contributed by atoms with Gasteiger partial charge < -0.3 is 20.2 Å². The molecular weight excluding hydrogens is 248 g/mol. The minimum atomic E-state index is -0.672. The summed E-state index contributed by atoms with van der Waals surface area (Å²) in [6.07, 6.45) is 1.37. The second-order valence-corrected chi connectivity index (χ2v) is 4.67.